The van der Waals surface area contributed by atoms with Crippen molar-refractivity contribution in [3.05, 3.63) is 57.6 Å². The van der Waals surface area contributed by atoms with Crippen LogP contribution in [-0.4, -0.2) is 32.2 Å². The molecule has 8 heteroatoms. The number of hydrogen-bond donors (Lipinski definition) is 1. The minimum absolute atomic E-state index is 0.171. The molecule has 5 nitrogen and oxygen atoms in total. The first-order valence-electron chi connectivity index (χ1n) is 7.40. The Morgan fingerprint density at radius 3 is 2.28 bits per heavy atom. The summed E-state index contributed by atoms with van der Waals surface area (Å²) < 4.78 is 26.4. The van der Waals surface area contributed by atoms with E-state index in [9.17, 15) is 13.2 Å². The van der Waals surface area contributed by atoms with E-state index < -0.39 is 15.9 Å². The van der Waals surface area contributed by atoms with Gasteiger partial charge in [-0.2, -0.15) is 4.31 Å². The highest BCUT2D eigenvalue weighted by Crippen LogP contribution is 2.29. The number of nitrogens with one attached hydrogen (secondary N) is 1. The number of para-hydroxylation sites is 1. The third-order valence-electron chi connectivity index (χ3n) is 3.61. The number of carbonyl (C=O) groups excluding carboxylic acids is 1. The van der Waals surface area contributed by atoms with Crippen molar-refractivity contribution in [2.45, 2.75) is 18.7 Å². The lowest BCUT2D eigenvalue weighted by atomic mass is 10.2. The second kappa shape index (κ2) is 7.74. The summed E-state index contributed by atoms with van der Waals surface area (Å²) in [6.45, 7) is 3.24. The summed E-state index contributed by atoms with van der Waals surface area (Å²) in [6, 6.07) is 9.86. The van der Waals surface area contributed by atoms with E-state index in [1.54, 1.807) is 43.3 Å². The average molecular weight is 401 g/mol. The van der Waals surface area contributed by atoms with Crippen molar-refractivity contribution in [2.24, 2.45) is 0 Å². The lowest BCUT2D eigenvalue weighted by Gasteiger charge is -2.19. The Hall–Kier alpha value is -1.60. The molecule has 2 rings (SSSR count). The molecule has 2 aromatic carbocycles. The molecule has 0 aliphatic carbocycles. The fourth-order valence-corrected chi connectivity index (χ4v) is 4.16. The first-order valence-corrected chi connectivity index (χ1v) is 9.60. The van der Waals surface area contributed by atoms with Gasteiger partial charge in [-0.1, -0.05) is 47.0 Å². The molecule has 0 atom stereocenters. The van der Waals surface area contributed by atoms with Gasteiger partial charge in [0.05, 0.1) is 27.2 Å². The van der Waals surface area contributed by atoms with Crippen molar-refractivity contribution in [1.29, 1.82) is 0 Å². The zero-order valence-corrected chi connectivity index (χ0v) is 16.3. The van der Waals surface area contributed by atoms with Crippen LogP contribution in [0.1, 0.15) is 11.1 Å². The SMILES string of the molecule is Cc1ccc(S(=O)(=O)N(C)CC(=O)Nc2c(Cl)cccc2Cl)c(C)c1. The van der Waals surface area contributed by atoms with Crippen LogP contribution in [0, 0.1) is 13.8 Å². The van der Waals surface area contributed by atoms with Gasteiger partial charge in [-0.25, -0.2) is 8.42 Å². The predicted octanol–water partition coefficient (Wildman–Crippen LogP) is 3.87. The van der Waals surface area contributed by atoms with E-state index in [0.29, 0.717) is 5.56 Å². The number of rotatable bonds is 5. The Bertz CT molecular complexity index is 894. The quantitative estimate of drug-likeness (QED) is 0.827. The van der Waals surface area contributed by atoms with E-state index in [1.807, 2.05) is 6.92 Å². The first-order chi connectivity index (χ1) is 11.6. The van der Waals surface area contributed by atoms with Crippen LogP contribution in [0.4, 0.5) is 5.69 Å². The van der Waals surface area contributed by atoms with E-state index >= 15 is 0 Å². The molecule has 0 radical (unpaired) electrons. The number of sulfonamides is 1. The third-order valence-corrected chi connectivity index (χ3v) is 6.21. The Balaban J connectivity index is 2.18. The van der Waals surface area contributed by atoms with E-state index in [4.69, 9.17) is 23.2 Å². The predicted molar refractivity (Wildman–Crippen MR) is 101 cm³/mol. The Labute approximate surface area is 157 Å². The van der Waals surface area contributed by atoms with Gasteiger partial charge in [0.2, 0.25) is 15.9 Å². The molecule has 0 aromatic heterocycles. The Morgan fingerprint density at radius 1 is 1.12 bits per heavy atom. The molecule has 0 unspecified atom stereocenters. The number of likely N-dealkylation sites (N-methyl/N-ethyl adjacent to an activating group) is 1. The van der Waals surface area contributed by atoms with Crippen molar-refractivity contribution < 1.29 is 13.2 Å². The summed E-state index contributed by atoms with van der Waals surface area (Å²) in [6.07, 6.45) is 0. The molecule has 0 heterocycles. The van der Waals surface area contributed by atoms with Gasteiger partial charge < -0.3 is 5.32 Å². The highest BCUT2D eigenvalue weighted by Gasteiger charge is 2.25. The standard InChI is InChI=1S/C17H18Cl2N2O3S/c1-11-7-8-15(12(2)9-11)25(23,24)21(3)10-16(22)20-17-13(18)5-4-6-14(17)19/h4-9H,10H2,1-3H3,(H,20,22). The van der Waals surface area contributed by atoms with Crippen LogP contribution in [0.25, 0.3) is 0 Å². The smallest absolute Gasteiger partial charge is 0.243 e. The van der Waals surface area contributed by atoms with Gasteiger partial charge in [-0.15, -0.1) is 0 Å². The largest absolute Gasteiger partial charge is 0.322 e. The molecular weight excluding hydrogens is 383 g/mol. The lowest BCUT2D eigenvalue weighted by Crippen LogP contribution is -2.35. The van der Waals surface area contributed by atoms with Crippen LogP contribution in [0.3, 0.4) is 0 Å². The van der Waals surface area contributed by atoms with Gasteiger partial charge in [0.25, 0.3) is 0 Å². The fraction of sp³-hybridized carbons (Fsp3) is 0.235. The van der Waals surface area contributed by atoms with Crippen molar-refractivity contribution in [3.63, 3.8) is 0 Å². The van der Waals surface area contributed by atoms with Crippen LogP contribution < -0.4 is 5.32 Å². The minimum atomic E-state index is -3.79. The third kappa shape index (κ3) is 4.52. The molecule has 0 saturated heterocycles. The Kier molecular flexibility index (Phi) is 6.11. The summed E-state index contributed by atoms with van der Waals surface area (Å²) >= 11 is 12.0. The zero-order valence-electron chi connectivity index (χ0n) is 14.0. The molecule has 1 amide bonds. The topological polar surface area (TPSA) is 66.5 Å². The molecular formula is C17H18Cl2N2O3S. The molecule has 0 bridgehead atoms. The second-order valence-electron chi connectivity index (χ2n) is 5.67. The molecule has 0 aliphatic rings. The zero-order chi connectivity index (χ0) is 18.8. The normalized spacial score (nSPS) is 11.6. The van der Waals surface area contributed by atoms with Gasteiger partial charge in [-0.3, -0.25) is 4.79 Å². The monoisotopic (exact) mass is 400 g/mol. The number of halogens is 2. The number of benzene rings is 2. The number of amides is 1. The molecule has 0 spiro atoms. The maximum atomic E-state index is 12.7. The van der Waals surface area contributed by atoms with Crippen molar-refractivity contribution in [2.75, 3.05) is 18.9 Å². The molecule has 2 aromatic rings. The first kappa shape index (κ1) is 19.7. The molecule has 0 saturated carbocycles. The molecule has 0 fully saturated rings. The number of aryl methyl sites for hydroxylation is 2. The van der Waals surface area contributed by atoms with Gasteiger partial charge in [0.1, 0.15) is 0 Å². The lowest BCUT2D eigenvalue weighted by molar-refractivity contribution is -0.116. The minimum Gasteiger partial charge on any atom is -0.322 e. The summed E-state index contributed by atoms with van der Waals surface area (Å²) in [5, 5.41) is 3.10. The summed E-state index contributed by atoms with van der Waals surface area (Å²) in [5.41, 5.74) is 1.85. The van der Waals surface area contributed by atoms with Crippen molar-refractivity contribution in [1.82, 2.24) is 4.31 Å². The van der Waals surface area contributed by atoms with Gasteiger partial charge in [0.15, 0.2) is 0 Å². The van der Waals surface area contributed by atoms with Crippen molar-refractivity contribution >= 4 is 44.8 Å². The maximum Gasteiger partial charge on any atom is 0.243 e. The summed E-state index contributed by atoms with van der Waals surface area (Å²) in [7, 11) is -2.44. The van der Waals surface area contributed by atoms with Gasteiger partial charge >= 0.3 is 0 Å². The molecule has 134 valence electrons. The van der Waals surface area contributed by atoms with E-state index in [0.717, 1.165) is 9.87 Å². The highest BCUT2D eigenvalue weighted by molar-refractivity contribution is 7.89. The van der Waals surface area contributed by atoms with E-state index in [-0.39, 0.29) is 27.2 Å². The number of nitrogens with zero attached hydrogens (tertiary/aromatic N) is 1. The van der Waals surface area contributed by atoms with Crippen LogP contribution >= 0.6 is 23.2 Å². The number of carbonyl (C=O) groups is 1. The van der Waals surface area contributed by atoms with E-state index in [1.165, 1.54) is 7.05 Å². The van der Waals surface area contributed by atoms with Crippen molar-refractivity contribution in [3.8, 4) is 0 Å². The fourth-order valence-electron chi connectivity index (χ4n) is 2.34. The maximum absolute atomic E-state index is 12.7. The van der Waals surface area contributed by atoms with Gasteiger partial charge in [0, 0.05) is 7.05 Å². The number of hydrogen-bond acceptors (Lipinski definition) is 3. The van der Waals surface area contributed by atoms with Crippen LogP contribution in [0.15, 0.2) is 41.3 Å². The van der Waals surface area contributed by atoms with Crippen LogP contribution in [0.5, 0.6) is 0 Å². The van der Waals surface area contributed by atoms with Gasteiger partial charge in [-0.05, 0) is 37.6 Å². The summed E-state index contributed by atoms with van der Waals surface area (Å²) in [4.78, 5) is 12.4. The van der Waals surface area contributed by atoms with E-state index in [2.05, 4.69) is 5.32 Å². The second-order valence-corrected chi connectivity index (χ2v) is 8.50. The molecule has 25 heavy (non-hydrogen) atoms. The summed E-state index contributed by atoms with van der Waals surface area (Å²) in [5.74, 6) is -0.536. The molecule has 0 aliphatic heterocycles. The Morgan fingerprint density at radius 2 is 1.72 bits per heavy atom. The highest BCUT2D eigenvalue weighted by atomic mass is 35.5. The van der Waals surface area contributed by atoms with Crippen LogP contribution in [-0.2, 0) is 14.8 Å². The number of anilines is 1. The molecule has 1 N–H and O–H groups in total. The van der Waals surface area contributed by atoms with Crippen LogP contribution in [0.2, 0.25) is 10.0 Å². The average Bonchev–Trinajstić information content (AvgIpc) is 2.50.